The van der Waals surface area contributed by atoms with Crippen LogP contribution in [-0.2, 0) is 23.3 Å². The maximum Gasteiger partial charge on any atom is 0.264 e. The number of nitrogens with one attached hydrogen (secondary N) is 1. The highest BCUT2D eigenvalue weighted by molar-refractivity contribution is 9.10. The number of carbonyl (C=O) groups excluding carboxylic acids is 1. The van der Waals surface area contributed by atoms with Gasteiger partial charge in [-0.15, -0.1) is 0 Å². The molecule has 1 saturated carbocycles. The third-order valence-electron chi connectivity index (χ3n) is 6.79. The summed E-state index contributed by atoms with van der Waals surface area (Å²) in [5.41, 5.74) is 1.88. The number of hydrogen-bond acceptors (Lipinski definition) is 4. The van der Waals surface area contributed by atoms with Crippen molar-refractivity contribution in [1.29, 1.82) is 0 Å². The van der Waals surface area contributed by atoms with E-state index in [0.29, 0.717) is 35.7 Å². The van der Waals surface area contributed by atoms with E-state index in [9.17, 15) is 9.59 Å². The molecule has 0 spiro atoms. The predicted octanol–water partition coefficient (Wildman–Crippen LogP) is 4.69. The number of nitrogens with zero attached hydrogens (tertiary/aromatic N) is 4. The third kappa shape index (κ3) is 4.77. The lowest BCUT2D eigenvalue weighted by Crippen LogP contribution is -2.43. The SMILES string of the molecule is O=C(NCCn1ncc2c(=O)n(Cc3ccc(Br)cc3)cnc21)C1(c2ccc(Cl)cc2)CCCC1. The molecule has 2 aromatic heterocycles. The molecule has 35 heavy (non-hydrogen) atoms. The Morgan fingerprint density at radius 3 is 2.51 bits per heavy atom. The van der Waals surface area contributed by atoms with Crippen LogP contribution >= 0.6 is 27.5 Å². The lowest BCUT2D eigenvalue weighted by Gasteiger charge is -2.28. The molecule has 0 aliphatic heterocycles. The second-order valence-corrected chi connectivity index (χ2v) is 10.3. The average molecular weight is 555 g/mol. The van der Waals surface area contributed by atoms with Gasteiger partial charge in [-0.3, -0.25) is 14.2 Å². The molecule has 0 bridgehead atoms. The van der Waals surface area contributed by atoms with Crippen molar-refractivity contribution >= 4 is 44.5 Å². The van der Waals surface area contributed by atoms with Gasteiger partial charge in [-0.2, -0.15) is 5.10 Å². The zero-order chi connectivity index (χ0) is 24.4. The van der Waals surface area contributed by atoms with Crippen molar-refractivity contribution in [2.45, 2.75) is 44.2 Å². The Hall–Kier alpha value is -2.97. The second-order valence-electron chi connectivity index (χ2n) is 8.96. The van der Waals surface area contributed by atoms with Crippen LogP contribution in [-0.4, -0.2) is 31.8 Å². The fourth-order valence-electron chi connectivity index (χ4n) is 4.90. The molecule has 9 heteroatoms. The van der Waals surface area contributed by atoms with E-state index < -0.39 is 5.41 Å². The molecule has 180 valence electrons. The summed E-state index contributed by atoms with van der Waals surface area (Å²) in [5, 5.41) is 8.59. The molecule has 4 aromatic rings. The molecule has 1 fully saturated rings. The van der Waals surface area contributed by atoms with Crippen LogP contribution in [0.4, 0.5) is 0 Å². The number of amides is 1. The minimum Gasteiger partial charge on any atom is -0.353 e. The van der Waals surface area contributed by atoms with Crippen molar-refractivity contribution in [3.05, 3.63) is 92.0 Å². The number of halogens is 2. The van der Waals surface area contributed by atoms with Crippen LogP contribution in [0.3, 0.4) is 0 Å². The van der Waals surface area contributed by atoms with Gasteiger partial charge in [0.05, 0.1) is 24.7 Å². The lowest BCUT2D eigenvalue weighted by atomic mass is 9.78. The number of aromatic nitrogens is 4. The highest BCUT2D eigenvalue weighted by Crippen LogP contribution is 2.41. The normalized spacial score (nSPS) is 14.9. The molecule has 1 amide bonds. The van der Waals surface area contributed by atoms with Gasteiger partial charge >= 0.3 is 0 Å². The maximum atomic E-state index is 13.3. The summed E-state index contributed by atoms with van der Waals surface area (Å²) in [5.74, 6) is 0.0265. The number of carbonyl (C=O) groups is 1. The van der Waals surface area contributed by atoms with E-state index in [2.05, 4.69) is 31.3 Å². The van der Waals surface area contributed by atoms with E-state index in [1.54, 1.807) is 21.8 Å². The van der Waals surface area contributed by atoms with Crippen LogP contribution < -0.4 is 10.9 Å². The van der Waals surface area contributed by atoms with Crippen LogP contribution in [0.15, 0.2) is 70.3 Å². The number of rotatable bonds is 7. The van der Waals surface area contributed by atoms with Crippen LogP contribution in [0.5, 0.6) is 0 Å². The van der Waals surface area contributed by atoms with Crippen molar-refractivity contribution in [3.8, 4) is 0 Å². The quantitative estimate of drug-likeness (QED) is 0.360. The van der Waals surface area contributed by atoms with Crippen molar-refractivity contribution in [2.75, 3.05) is 6.54 Å². The van der Waals surface area contributed by atoms with E-state index in [1.807, 2.05) is 48.5 Å². The number of fused-ring (bicyclic) bond motifs is 1. The average Bonchev–Trinajstić information content (AvgIpc) is 3.52. The highest BCUT2D eigenvalue weighted by Gasteiger charge is 2.42. The zero-order valence-electron chi connectivity index (χ0n) is 19.1. The Kier molecular flexibility index (Phi) is 6.75. The van der Waals surface area contributed by atoms with Gasteiger partial charge in [0.1, 0.15) is 11.7 Å². The monoisotopic (exact) mass is 553 g/mol. The van der Waals surface area contributed by atoms with Gasteiger partial charge in [0.15, 0.2) is 5.65 Å². The molecule has 2 aromatic carbocycles. The van der Waals surface area contributed by atoms with Gasteiger partial charge in [-0.1, -0.05) is 64.6 Å². The standard InChI is InChI=1S/C26H25BrClN5O2/c27-20-7-3-18(4-8-20)16-32-17-30-23-22(24(32)34)15-31-33(23)14-13-29-25(35)26(11-1-2-12-26)19-5-9-21(28)10-6-19/h3-10,15,17H,1-2,11-14,16H2,(H,29,35). The molecule has 0 atom stereocenters. The molecule has 1 aliphatic carbocycles. The first kappa shape index (κ1) is 23.8. The summed E-state index contributed by atoms with van der Waals surface area (Å²) < 4.78 is 4.24. The second kappa shape index (κ2) is 9.95. The largest absolute Gasteiger partial charge is 0.353 e. The Balaban J connectivity index is 1.28. The molecule has 0 saturated heterocycles. The van der Waals surface area contributed by atoms with E-state index in [4.69, 9.17) is 11.6 Å². The minimum atomic E-state index is -0.518. The van der Waals surface area contributed by atoms with E-state index >= 15 is 0 Å². The molecule has 1 aliphatic rings. The molecular formula is C26H25BrClN5O2. The summed E-state index contributed by atoms with van der Waals surface area (Å²) >= 11 is 9.48. The van der Waals surface area contributed by atoms with Gasteiger partial charge in [-0.25, -0.2) is 9.67 Å². The van der Waals surface area contributed by atoms with Crippen molar-refractivity contribution in [1.82, 2.24) is 24.6 Å². The minimum absolute atomic E-state index is 0.0265. The van der Waals surface area contributed by atoms with Gasteiger partial charge in [0.25, 0.3) is 5.56 Å². The third-order valence-corrected chi connectivity index (χ3v) is 7.57. The molecule has 5 rings (SSSR count). The smallest absolute Gasteiger partial charge is 0.264 e. The first-order valence-corrected chi connectivity index (χ1v) is 12.8. The van der Waals surface area contributed by atoms with Gasteiger partial charge in [0, 0.05) is 16.0 Å². The zero-order valence-corrected chi connectivity index (χ0v) is 21.4. The van der Waals surface area contributed by atoms with Crippen molar-refractivity contribution in [3.63, 3.8) is 0 Å². The highest BCUT2D eigenvalue weighted by atomic mass is 79.9. The molecule has 0 unspecified atom stereocenters. The van der Waals surface area contributed by atoms with Gasteiger partial charge in [-0.05, 0) is 48.2 Å². The van der Waals surface area contributed by atoms with Crippen molar-refractivity contribution in [2.24, 2.45) is 0 Å². The fraction of sp³-hybridized carbons (Fsp3) is 0.308. The van der Waals surface area contributed by atoms with Crippen LogP contribution in [0, 0.1) is 0 Å². The predicted molar refractivity (Wildman–Crippen MR) is 140 cm³/mol. The van der Waals surface area contributed by atoms with E-state index in [0.717, 1.165) is 41.3 Å². The molecule has 7 nitrogen and oxygen atoms in total. The summed E-state index contributed by atoms with van der Waals surface area (Å²) in [4.78, 5) is 30.8. The maximum absolute atomic E-state index is 13.3. The number of benzene rings is 2. The summed E-state index contributed by atoms with van der Waals surface area (Å²) in [6.07, 6.45) is 6.80. The first-order valence-electron chi connectivity index (χ1n) is 11.7. The van der Waals surface area contributed by atoms with Gasteiger partial charge in [0.2, 0.25) is 5.91 Å². The lowest BCUT2D eigenvalue weighted by molar-refractivity contribution is -0.126. The molecule has 1 N–H and O–H groups in total. The summed E-state index contributed by atoms with van der Waals surface area (Å²) in [6, 6.07) is 15.4. The Bertz CT molecular complexity index is 1410. The molecule has 2 heterocycles. The van der Waals surface area contributed by atoms with Gasteiger partial charge < -0.3 is 5.32 Å². The topological polar surface area (TPSA) is 81.8 Å². The molecule has 0 radical (unpaired) electrons. The van der Waals surface area contributed by atoms with E-state index in [-0.39, 0.29) is 11.5 Å². The Morgan fingerprint density at radius 2 is 1.80 bits per heavy atom. The molecular weight excluding hydrogens is 530 g/mol. The fourth-order valence-corrected chi connectivity index (χ4v) is 5.29. The van der Waals surface area contributed by atoms with Crippen molar-refractivity contribution < 1.29 is 4.79 Å². The summed E-state index contributed by atoms with van der Waals surface area (Å²) in [7, 11) is 0. The van der Waals surface area contributed by atoms with Crippen LogP contribution in [0.1, 0.15) is 36.8 Å². The van der Waals surface area contributed by atoms with Crippen LogP contribution in [0.2, 0.25) is 5.02 Å². The summed E-state index contributed by atoms with van der Waals surface area (Å²) in [6.45, 7) is 1.26. The number of hydrogen-bond donors (Lipinski definition) is 1. The Morgan fingerprint density at radius 1 is 1.09 bits per heavy atom. The van der Waals surface area contributed by atoms with E-state index in [1.165, 1.54) is 0 Å². The Labute approximate surface area is 216 Å². The first-order chi connectivity index (χ1) is 17.0. The van der Waals surface area contributed by atoms with Crippen LogP contribution in [0.25, 0.3) is 11.0 Å².